The second-order valence-electron chi connectivity index (χ2n) is 4.97. The highest BCUT2D eigenvalue weighted by atomic mass is 35.5. The van der Waals surface area contributed by atoms with Crippen molar-refractivity contribution in [2.45, 2.75) is 25.7 Å². The maximum atomic E-state index is 11.9. The van der Waals surface area contributed by atoms with Crippen molar-refractivity contribution in [3.63, 3.8) is 0 Å². The van der Waals surface area contributed by atoms with Gasteiger partial charge in [-0.2, -0.15) is 0 Å². The lowest BCUT2D eigenvalue weighted by Crippen LogP contribution is -2.07. The summed E-state index contributed by atoms with van der Waals surface area (Å²) in [5, 5.41) is 4.19. The van der Waals surface area contributed by atoms with Crippen molar-refractivity contribution in [3.05, 3.63) is 51.5 Å². The van der Waals surface area contributed by atoms with E-state index in [4.69, 9.17) is 11.6 Å². The van der Waals surface area contributed by atoms with Gasteiger partial charge in [0.2, 0.25) is 5.91 Å². The first-order valence-corrected chi connectivity index (χ1v) is 8.13. The molecule has 3 rings (SSSR count). The van der Waals surface area contributed by atoms with Crippen molar-refractivity contribution < 1.29 is 4.79 Å². The number of thiazole rings is 1. The molecule has 2 aromatic rings. The number of halogens is 1. The Morgan fingerprint density at radius 2 is 2.19 bits per heavy atom. The lowest BCUT2D eigenvalue weighted by Gasteiger charge is -2.06. The molecule has 108 valence electrons. The molecule has 1 amide bonds. The molecule has 0 radical (unpaired) electrons. The minimum atomic E-state index is -0.166. The highest BCUT2D eigenvalue weighted by Gasteiger charge is 2.15. The zero-order chi connectivity index (χ0) is 14.7. The topological polar surface area (TPSA) is 42.0 Å². The monoisotopic (exact) mass is 318 g/mol. The van der Waals surface area contributed by atoms with E-state index in [1.807, 2.05) is 18.2 Å². The largest absolute Gasteiger partial charge is 0.298 e. The Morgan fingerprint density at radius 1 is 1.33 bits per heavy atom. The maximum absolute atomic E-state index is 11.9. The van der Waals surface area contributed by atoms with Gasteiger partial charge in [0.05, 0.1) is 5.69 Å². The number of hydrogen-bond donors (Lipinski definition) is 1. The second-order valence-corrected chi connectivity index (χ2v) is 6.49. The Labute approximate surface area is 132 Å². The van der Waals surface area contributed by atoms with E-state index in [-0.39, 0.29) is 5.91 Å². The lowest BCUT2D eigenvalue weighted by atomic mass is 10.0. The Hall–Kier alpha value is -1.65. The third kappa shape index (κ3) is 3.71. The van der Waals surface area contributed by atoms with Crippen LogP contribution in [0.15, 0.2) is 30.3 Å². The van der Waals surface area contributed by atoms with Crippen LogP contribution < -0.4 is 5.32 Å². The summed E-state index contributed by atoms with van der Waals surface area (Å²) in [6.07, 6.45) is 7.78. The Morgan fingerprint density at radius 3 is 3.00 bits per heavy atom. The van der Waals surface area contributed by atoms with E-state index in [1.54, 1.807) is 23.5 Å². The second kappa shape index (κ2) is 6.41. The minimum Gasteiger partial charge on any atom is -0.298 e. The van der Waals surface area contributed by atoms with Gasteiger partial charge in [-0.05, 0) is 49.5 Å². The van der Waals surface area contributed by atoms with Gasteiger partial charge in [-0.3, -0.25) is 10.1 Å². The zero-order valence-electron chi connectivity index (χ0n) is 11.4. The standard InChI is InChI=1S/C16H15ClN2OS/c17-12-5-3-4-11(10-12)8-9-15(20)19-16-18-13-6-1-2-7-14(13)21-16/h3-5,8-10H,1-2,6-7H2,(H,18,19,20). The van der Waals surface area contributed by atoms with Crippen LogP contribution in [-0.4, -0.2) is 10.9 Å². The predicted octanol–water partition coefficient (Wildman–Crippen LogP) is 4.33. The lowest BCUT2D eigenvalue weighted by molar-refractivity contribution is -0.111. The molecule has 0 spiro atoms. The molecule has 0 bridgehead atoms. The Bertz CT molecular complexity index is 670. The van der Waals surface area contributed by atoms with Crippen LogP contribution in [0.4, 0.5) is 5.13 Å². The SMILES string of the molecule is O=C(C=Cc1cccc(Cl)c1)Nc1nc2c(s1)CCCC2. The predicted molar refractivity (Wildman–Crippen MR) is 87.9 cm³/mol. The minimum absolute atomic E-state index is 0.166. The van der Waals surface area contributed by atoms with Crippen LogP contribution in [0.2, 0.25) is 5.02 Å². The summed E-state index contributed by atoms with van der Waals surface area (Å²) >= 11 is 7.49. The fraction of sp³-hybridized carbons (Fsp3) is 0.250. The molecule has 3 nitrogen and oxygen atoms in total. The van der Waals surface area contributed by atoms with Crippen molar-refractivity contribution in [3.8, 4) is 0 Å². The average molecular weight is 319 g/mol. The van der Waals surface area contributed by atoms with Gasteiger partial charge in [-0.1, -0.05) is 23.7 Å². The molecule has 0 saturated heterocycles. The van der Waals surface area contributed by atoms with Crippen molar-refractivity contribution in [2.75, 3.05) is 5.32 Å². The number of aryl methyl sites for hydroxylation is 2. The fourth-order valence-corrected chi connectivity index (χ4v) is 3.59. The van der Waals surface area contributed by atoms with Crippen LogP contribution in [0, 0.1) is 0 Å². The van der Waals surface area contributed by atoms with Crippen LogP contribution in [-0.2, 0) is 17.6 Å². The zero-order valence-corrected chi connectivity index (χ0v) is 13.0. The summed E-state index contributed by atoms with van der Waals surface area (Å²) in [5.74, 6) is -0.166. The van der Waals surface area contributed by atoms with Gasteiger partial charge < -0.3 is 0 Å². The fourth-order valence-electron chi connectivity index (χ4n) is 2.33. The first-order chi connectivity index (χ1) is 10.2. The van der Waals surface area contributed by atoms with Gasteiger partial charge in [0.1, 0.15) is 0 Å². The third-order valence-corrected chi connectivity index (χ3v) is 4.66. The van der Waals surface area contributed by atoms with Gasteiger partial charge in [0.15, 0.2) is 5.13 Å². The number of carbonyl (C=O) groups is 1. The normalized spacial score (nSPS) is 14.1. The molecule has 0 unspecified atom stereocenters. The highest BCUT2D eigenvalue weighted by molar-refractivity contribution is 7.15. The number of fused-ring (bicyclic) bond motifs is 1. The summed E-state index contributed by atoms with van der Waals surface area (Å²) < 4.78 is 0. The van der Waals surface area contributed by atoms with E-state index in [1.165, 1.54) is 23.8 Å². The van der Waals surface area contributed by atoms with Crippen LogP contribution >= 0.6 is 22.9 Å². The van der Waals surface area contributed by atoms with Crippen molar-refractivity contribution in [2.24, 2.45) is 0 Å². The Balaban J connectivity index is 1.65. The van der Waals surface area contributed by atoms with E-state index < -0.39 is 0 Å². The van der Waals surface area contributed by atoms with Crippen LogP contribution in [0.1, 0.15) is 29.0 Å². The van der Waals surface area contributed by atoms with E-state index in [9.17, 15) is 4.79 Å². The summed E-state index contributed by atoms with van der Waals surface area (Å²) in [5.41, 5.74) is 2.05. The van der Waals surface area contributed by atoms with Gasteiger partial charge in [-0.25, -0.2) is 4.98 Å². The van der Waals surface area contributed by atoms with Gasteiger partial charge in [0, 0.05) is 16.0 Å². The molecule has 1 aromatic carbocycles. The number of amides is 1. The summed E-state index contributed by atoms with van der Waals surface area (Å²) in [4.78, 5) is 17.7. The van der Waals surface area contributed by atoms with Crippen LogP contribution in [0.3, 0.4) is 0 Å². The molecule has 1 aliphatic carbocycles. The van der Waals surface area contributed by atoms with Crippen LogP contribution in [0.5, 0.6) is 0 Å². The first-order valence-electron chi connectivity index (χ1n) is 6.94. The van der Waals surface area contributed by atoms with Gasteiger partial charge >= 0.3 is 0 Å². The maximum Gasteiger partial charge on any atom is 0.250 e. The molecule has 0 atom stereocenters. The number of nitrogens with zero attached hydrogens (tertiary/aromatic N) is 1. The summed E-state index contributed by atoms with van der Waals surface area (Å²) in [6.45, 7) is 0. The third-order valence-electron chi connectivity index (χ3n) is 3.35. The van der Waals surface area contributed by atoms with Crippen molar-refractivity contribution in [1.29, 1.82) is 0 Å². The van der Waals surface area contributed by atoms with E-state index in [0.717, 1.165) is 24.1 Å². The molecule has 0 aliphatic heterocycles. The molecular formula is C16H15ClN2OS. The average Bonchev–Trinajstić information content (AvgIpc) is 2.87. The number of aromatic nitrogens is 1. The number of rotatable bonds is 3. The Kier molecular flexibility index (Phi) is 4.36. The molecule has 1 aliphatic rings. The summed E-state index contributed by atoms with van der Waals surface area (Å²) in [7, 11) is 0. The van der Waals surface area contributed by atoms with Crippen molar-refractivity contribution >= 4 is 40.1 Å². The van der Waals surface area contributed by atoms with Crippen molar-refractivity contribution in [1.82, 2.24) is 4.98 Å². The number of benzene rings is 1. The molecular weight excluding hydrogens is 304 g/mol. The number of carbonyl (C=O) groups excluding carboxylic acids is 1. The molecule has 1 heterocycles. The van der Waals surface area contributed by atoms with Crippen LogP contribution in [0.25, 0.3) is 6.08 Å². The quantitative estimate of drug-likeness (QED) is 0.856. The first kappa shape index (κ1) is 14.3. The number of nitrogens with one attached hydrogen (secondary N) is 1. The van der Waals surface area contributed by atoms with Gasteiger partial charge in [-0.15, -0.1) is 11.3 Å². The number of hydrogen-bond acceptors (Lipinski definition) is 3. The molecule has 0 fully saturated rings. The van der Waals surface area contributed by atoms with E-state index in [2.05, 4.69) is 10.3 Å². The molecule has 0 saturated carbocycles. The number of anilines is 1. The van der Waals surface area contributed by atoms with Gasteiger partial charge in [0.25, 0.3) is 0 Å². The smallest absolute Gasteiger partial charge is 0.250 e. The molecule has 1 N–H and O–H groups in total. The summed E-state index contributed by atoms with van der Waals surface area (Å²) in [6, 6.07) is 7.37. The van der Waals surface area contributed by atoms with E-state index in [0.29, 0.717) is 10.2 Å². The molecule has 21 heavy (non-hydrogen) atoms. The molecule has 5 heteroatoms. The van der Waals surface area contributed by atoms with E-state index >= 15 is 0 Å². The highest BCUT2D eigenvalue weighted by Crippen LogP contribution is 2.29. The molecule has 1 aromatic heterocycles.